The molecule has 2 saturated heterocycles. The van der Waals surface area contributed by atoms with Crippen molar-refractivity contribution in [3.63, 3.8) is 0 Å². The molecule has 2 fully saturated rings. The van der Waals surface area contributed by atoms with E-state index in [-0.39, 0.29) is 0 Å². The molecule has 2 aliphatic rings. The van der Waals surface area contributed by atoms with Crippen LogP contribution in [0.1, 0.15) is 37.7 Å². The van der Waals surface area contributed by atoms with Crippen molar-refractivity contribution >= 4 is 17.4 Å². The highest BCUT2D eigenvalue weighted by atomic mass is 35.5. The van der Waals surface area contributed by atoms with E-state index < -0.39 is 0 Å². The summed E-state index contributed by atoms with van der Waals surface area (Å²) in [6, 6.07) is 1.96. The summed E-state index contributed by atoms with van der Waals surface area (Å²) >= 11 is 6.05. The van der Waals surface area contributed by atoms with Crippen LogP contribution in [0.4, 0.5) is 5.82 Å². The molecule has 0 saturated carbocycles. The topological polar surface area (TPSA) is 41.1 Å². The first-order valence-electron chi connectivity index (χ1n) is 7.10. The van der Waals surface area contributed by atoms with Gasteiger partial charge in [-0.2, -0.15) is 0 Å². The molecule has 1 aromatic heterocycles. The SMILES string of the molecule is Cc1c(Cl)ncnc1NC1CC2CCCC(C1)N2C. The molecule has 19 heavy (non-hydrogen) atoms. The van der Waals surface area contributed by atoms with Gasteiger partial charge >= 0.3 is 0 Å². The first-order chi connectivity index (χ1) is 9.15. The fraction of sp³-hybridized carbons (Fsp3) is 0.714. The van der Waals surface area contributed by atoms with Crippen LogP contribution in [0.3, 0.4) is 0 Å². The van der Waals surface area contributed by atoms with E-state index in [1.54, 1.807) is 0 Å². The monoisotopic (exact) mass is 280 g/mol. The molecule has 0 spiro atoms. The van der Waals surface area contributed by atoms with Gasteiger partial charge in [-0.05, 0) is 39.7 Å². The van der Waals surface area contributed by atoms with Gasteiger partial charge in [-0.3, -0.25) is 0 Å². The Morgan fingerprint density at radius 3 is 2.63 bits per heavy atom. The Morgan fingerprint density at radius 2 is 1.95 bits per heavy atom. The highest BCUT2D eigenvalue weighted by Gasteiger charge is 2.36. The van der Waals surface area contributed by atoms with E-state index in [0.29, 0.717) is 11.2 Å². The third kappa shape index (κ3) is 2.56. The van der Waals surface area contributed by atoms with Crippen molar-refractivity contribution in [3.05, 3.63) is 17.0 Å². The fourth-order valence-corrected chi connectivity index (χ4v) is 3.63. The predicted octanol–water partition coefficient (Wildman–Crippen LogP) is 2.87. The summed E-state index contributed by atoms with van der Waals surface area (Å²) in [4.78, 5) is 10.9. The number of piperidine rings is 2. The van der Waals surface area contributed by atoms with Gasteiger partial charge in [-0.15, -0.1) is 0 Å². The van der Waals surface area contributed by atoms with Crippen molar-refractivity contribution < 1.29 is 0 Å². The minimum Gasteiger partial charge on any atom is -0.367 e. The zero-order valence-corrected chi connectivity index (χ0v) is 12.3. The number of hydrogen-bond donors (Lipinski definition) is 1. The average molecular weight is 281 g/mol. The van der Waals surface area contributed by atoms with Crippen LogP contribution in [-0.4, -0.2) is 40.0 Å². The minimum atomic E-state index is 0.510. The van der Waals surface area contributed by atoms with Crippen molar-refractivity contribution in [3.8, 4) is 0 Å². The van der Waals surface area contributed by atoms with E-state index in [1.165, 1.54) is 38.4 Å². The molecule has 4 nitrogen and oxygen atoms in total. The highest BCUT2D eigenvalue weighted by molar-refractivity contribution is 6.30. The van der Waals surface area contributed by atoms with Crippen LogP contribution in [-0.2, 0) is 0 Å². The van der Waals surface area contributed by atoms with Crippen LogP contribution < -0.4 is 5.32 Å². The molecule has 0 aliphatic carbocycles. The van der Waals surface area contributed by atoms with Gasteiger partial charge in [0.15, 0.2) is 0 Å². The molecule has 1 aromatic rings. The van der Waals surface area contributed by atoms with E-state index in [0.717, 1.165) is 23.5 Å². The quantitative estimate of drug-likeness (QED) is 0.846. The summed E-state index contributed by atoms with van der Waals surface area (Å²) in [5.74, 6) is 0.896. The predicted molar refractivity (Wildman–Crippen MR) is 77.6 cm³/mol. The van der Waals surface area contributed by atoms with E-state index in [1.807, 2.05) is 6.92 Å². The number of nitrogens with one attached hydrogen (secondary N) is 1. The second kappa shape index (κ2) is 5.25. The van der Waals surface area contributed by atoms with Crippen molar-refractivity contribution in [2.24, 2.45) is 0 Å². The molecule has 2 atom stereocenters. The first kappa shape index (κ1) is 13.1. The molecule has 104 valence electrons. The van der Waals surface area contributed by atoms with Crippen LogP contribution in [0.5, 0.6) is 0 Å². The number of nitrogens with zero attached hydrogens (tertiary/aromatic N) is 3. The number of rotatable bonds is 2. The third-order valence-electron chi connectivity index (χ3n) is 4.70. The molecule has 3 heterocycles. The summed E-state index contributed by atoms with van der Waals surface area (Å²) < 4.78 is 0. The third-order valence-corrected chi connectivity index (χ3v) is 5.08. The Labute approximate surface area is 119 Å². The zero-order valence-electron chi connectivity index (χ0n) is 11.6. The maximum Gasteiger partial charge on any atom is 0.137 e. The summed E-state index contributed by atoms with van der Waals surface area (Å²) in [5, 5.41) is 4.12. The van der Waals surface area contributed by atoms with E-state index in [9.17, 15) is 0 Å². The highest BCUT2D eigenvalue weighted by Crippen LogP contribution is 2.34. The standard InChI is InChI=1S/C14H21ClN4/c1-9-13(15)16-8-17-14(9)18-10-6-11-4-3-5-12(7-10)19(11)2/h8,10-12H,3-7H2,1-2H3,(H,16,17,18). The Bertz CT molecular complexity index is 451. The lowest BCUT2D eigenvalue weighted by Crippen LogP contribution is -2.52. The molecule has 2 aliphatic heterocycles. The molecule has 0 amide bonds. The van der Waals surface area contributed by atoms with Crippen LogP contribution in [0.15, 0.2) is 6.33 Å². The van der Waals surface area contributed by atoms with Crippen LogP contribution in [0.25, 0.3) is 0 Å². The smallest absolute Gasteiger partial charge is 0.137 e. The fourth-order valence-electron chi connectivity index (χ4n) is 3.50. The largest absolute Gasteiger partial charge is 0.367 e. The molecular weight excluding hydrogens is 260 g/mol. The Balaban J connectivity index is 1.72. The molecule has 5 heteroatoms. The number of anilines is 1. The zero-order chi connectivity index (χ0) is 13.4. The van der Waals surface area contributed by atoms with Gasteiger partial charge in [-0.1, -0.05) is 18.0 Å². The van der Waals surface area contributed by atoms with Crippen LogP contribution >= 0.6 is 11.6 Å². The van der Waals surface area contributed by atoms with E-state index in [4.69, 9.17) is 11.6 Å². The maximum absolute atomic E-state index is 6.05. The first-order valence-corrected chi connectivity index (χ1v) is 7.48. The Kier molecular flexibility index (Phi) is 3.63. The van der Waals surface area contributed by atoms with E-state index in [2.05, 4.69) is 27.2 Å². The Hall–Kier alpha value is -0.870. The van der Waals surface area contributed by atoms with Gasteiger partial charge in [0.2, 0.25) is 0 Å². The normalized spacial score (nSPS) is 31.2. The lowest BCUT2D eigenvalue weighted by molar-refractivity contribution is 0.0608. The van der Waals surface area contributed by atoms with Crippen LogP contribution in [0.2, 0.25) is 5.15 Å². The molecule has 2 bridgehead atoms. The molecule has 3 rings (SSSR count). The second-order valence-corrected chi connectivity index (χ2v) is 6.21. The van der Waals surface area contributed by atoms with Gasteiger partial charge in [0.05, 0.1) is 0 Å². The number of aromatic nitrogens is 2. The van der Waals surface area contributed by atoms with E-state index >= 15 is 0 Å². The van der Waals surface area contributed by atoms with Crippen LogP contribution in [0, 0.1) is 6.92 Å². The number of halogens is 1. The maximum atomic E-state index is 6.05. The summed E-state index contributed by atoms with van der Waals surface area (Å²) in [7, 11) is 2.28. The second-order valence-electron chi connectivity index (χ2n) is 5.85. The Morgan fingerprint density at radius 1 is 1.26 bits per heavy atom. The van der Waals surface area contributed by atoms with Gasteiger partial charge in [-0.25, -0.2) is 9.97 Å². The van der Waals surface area contributed by atoms with Crippen molar-refractivity contribution in [2.45, 2.75) is 57.2 Å². The van der Waals surface area contributed by atoms with Crippen molar-refractivity contribution in [1.29, 1.82) is 0 Å². The van der Waals surface area contributed by atoms with Gasteiger partial charge < -0.3 is 10.2 Å². The molecule has 0 aromatic carbocycles. The summed E-state index contributed by atoms with van der Waals surface area (Å²) in [6.45, 7) is 1.97. The summed E-state index contributed by atoms with van der Waals surface area (Å²) in [6.07, 6.45) is 7.98. The average Bonchev–Trinajstić information content (AvgIpc) is 2.36. The van der Waals surface area contributed by atoms with Gasteiger partial charge in [0, 0.05) is 23.7 Å². The molecule has 1 N–H and O–H groups in total. The lowest BCUT2D eigenvalue weighted by atomic mass is 9.82. The van der Waals surface area contributed by atoms with Crippen molar-refractivity contribution in [1.82, 2.24) is 14.9 Å². The number of fused-ring (bicyclic) bond motifs is 2. The van der Waals surface area contributed by atoms with Gasteiger partial charge in [0.1, 0.15) is 17.3 Å². The lowest BCUT2D eigenvalue weighted by Gasteiger charge is -2.47. The molecule has 2 unspecified atom stereocenters. The van der Waals surface area contributed by atoms with Crippen molar-refractivity contribution in [2.75, 3.05) is 12.4 Å². The number of hydrogen-bond acceptors (Lipinski definition) is 4. The minimum absolute atomic E-state index is 0.510. The van der Waals surface area contributed by atoms with Gasteiger partial charge in [0.25, 0.3) is 0 Å². The molecule has 0 radical (unpaired) electrons. The molecular formula is C14H21ClN4. The summed E-state index contributed by atoms with van der Waals surface area (Å²) in [5.41, 5.74) is 0.952.